The van der Waals surface area contributed by atoms with Crippen LogP contribution in [0.2, 0.25) is 0 Å². The summed E-state index contributed by atoms with van der Waals surface area (Å²) in [6.07, 6.45) is -1.43. The highest BCUT2D eigenvalue weighted by molar-refractivity contribution is 6.47. The van der Waals surface area contributed by atoms with Crippen LogP contribution in [0.3, 0.4) is 0 Å². The second kappa shape index (κ2) is 4.66. The Morgan fingerprint density at radius 2 is 1.55 bits per heavy atom. The van der Waals surface area contributed by atoms with Crippen LogP contribution in [0.15, 0.2) is 30.3 Å². The van der Waals surface area contributed by atoms with Gasteiger partial charge in [0, 0.05) is 23.8 Å². The number of rotatable bonds is 1. The number of hydrogen-bond donors (Lipinski definition) is 4. The number of carbonyl (C=O) groups is 2. The number of carbonyl (C=O) groups excluding carboxylic acids is 2. The van der Waals surface area contributed by atoms with Gasteiger partial charge in [0.2, 0.25) is 11.6 Å². The maximum absolute atomic E-state index is 12.1. The molecule has 2 aromatic carbocycles. The van der Waals surface area contributed by atoms with Crippen LogP contribution < -0.4 is 4.74 Å². The van der Waals surface area contributed by atoms with Crippen molar-refractivity contribution in [1.82, 2.24) is 0 Å². The number of aromatic hydroxyl groups is 4. The number of Topliss-reactive ketones (excluding diaryl/α,β-unsaturated/α-hetero) is 2. The van der Waals surface area contributed by atoms with E-state index in [0.717, 1.165) is 18.2 Å². The Kier molecular flexibility index (Phi) is 2.91. The highest BCUT2D eigenvalue weighted by Gasteiger charge is 2.39. The topological polar surface area (TPSA) is 124 Å². The standard InChI is InChI=1S/C15H10O7/c16-6-1-2-8(9(18)3-6)15-14(21)13(20)12-10(19)4-7(17)5-11(12)22-15/h1-5,15-19H/t15-/m0/s1. The summed E-state index contributed by atoms with van der Waals surface area (Å²) in [5, 5.41) is 38.2. The minimum Gasteiger partial charge on any atom is -0.508 e. The summed E-state index contributed by atoms with van der Waals surface area (Å²) in [7, 11) is 0. The molecule has 0 bridgehead atoms. The normalized spacial score (nSPS) is 17.0. The lowest BCUT2D eigenvalue weighted by molar-refractivity contribution is -0.122. The average Bonchev–Trinajstić information content (AvgIpc) is 2.42. The Labute approximate surface area is 123 Å². The molecule has 4 N–H and O–H groups in total. The van der Waals surface area contributed by atoms with E-state index in [9.17, 15) is 30.0 Å². The van der Waals surface area contributed by atoms with E-state index in [1.807, 2.05) is 0 Å². The lowest BCUT2D eigenvalue weighted by atomic mass is 9.93. The Hall–Kier alpha value is -3.22. The molecule has 2 aromatic rings. The van der Waals surface area contributed by atoms with Crippen molar-refractivity contribution in [3.8, 4) is 28.7 Å². The summed E-state index contributed by atoms with van der Waals surface area (Å²) in [6.45, 7) is 0. The number of phenols is 4. The van der Waals surface area contributed by atoms with Crippen molar-refractivity contribution in [2.45, 2.75) is 6.10 Å². The monoisotopic (exact) mass is 302 g/mol. The van der Waals surface area contributed by atoms with Gasteiger partial charge in [-0.2, -0.15) is 0 Å². The third kappa shape index (κ3) is 1.99. The average molecular weight is 302 g/mol. The number of ether oxygens (including phenoxy) is 1. The van der Waals surface area contributed by atoms with E-state index in [2.05, 4.69) is 0 Å². The summed E-state index contributed by atoms with van der Waals surface area (Å²) >= 11 is 0. The molecule has 3 rings (SSSR count). The predicted molar refractivity (Wildman–Crippen MR) is 72.2 cm³/mol. The molecule has 0 fully saturated rings. The van der Waals surface area contributed by atoms with E-state index in [1.165, 1.54) is 12.1 Å². The Bertz CT molecular complexity index is 810. The van der Waals surface area contributed by atoms with Crippen molar-refractivity contribution in [2.24, 2.45) is 0 Å². The summed E-state index contributed by atoms with van der Waals surface area (Å²) in [4.78, 5) is 24.2. The molecule has 1 aliphatic heterocycles. The molecule has 1 atom stereocenters. The van der Waals surface area contributed by atoms with E-state index >= 15 is 0 Å². The zero-order valence-corrected chi connectivity index (χ0v) is 11.0. The molecule has 0 saturated carbocycles. The van der Waals surface area contributed by atoms with Crippen LogP contribution >= 0.6 is 0 Å². The maximum Gasteiger partial charge on any atom is 0.248 e. The van der Waals surface area contributed by atoms with Crippen LogP contribution in [0.25, 0.3) is 0 Å². The van der Waals surface area contributed by atoms with Crippen molar-refractivity contribution in [1.29, 1.82) is 0 Å². The van der Waals surface area contributed by atoms with E-state index < -0.39 is 29.2 Å². The molecule has 0 amide bonds. The smallest absolute Gasteiger partial charge is 0.248 e. The van der Waals surface area contributed by atoms with Gasteiger partial charge in [-0.1, -0.05) is 0 Å². The van der Waals surface area contributed by atoms with Crippen LogP contribution in [0.5, 0.6) is 28.7 Å². The molecule has 1 aliphatic rings. The summed E-state index contributed by atoms with van der Waals surface area (Å²) in [5.41, 5.74) is -0.345. The van der Waals surface area contributed by atoms with Crippen LogP contribution in [0.4, 0.5) is 0 Å². The number of ketones is 2. The molecule has 0 saturated heterocycles. The SMILES string of the molecule is O=C1C(=O)[C@H](c2ccc(O)cc2O)Oc2cc(O)cc(O)c21. The van der Waals surface area contributed by atoms with Gasteiger partial charge in [-0.05, 0) is 12.1 Å². The lowest BCUT2D eigenvalue weighted by Crippen LogP contribution is -2.31. The molecule has 0 spiro atoms. The molecule has 7 heteroatoms. The highest BCUT2D eigenvalue weighted by atomic mass is 16.5. The molecule has 1 heterocycles. The number of fused-ring (bicyclic) bond motifs is 1. The van der Waals surface area contributed by atoms with E-state index in [0.29, 0.717) is 0 Å². The molecule has 0 unspecified atom stereocenters. The van der Waals surface area contributed by atoms with Crippen molar-refractivity contribution in [3.63, 3.8) is 0 Å². The van der Waals surface area contributed by atoms with Crippen molar-refractivity contribution >= 4 is 11.6 Å². The predicted octanol–water partition coefficient (Wildman–Crippen LogP) is 1.39. The molecule has 0 aliphatic carbocycles. The van der Waals surface area contributed by atoms with Gasteiger partial charge in [-0.3, -0.25) is 9.59 Å². The molecule has 7 nitrogen and oxygen atoms in total. The quantitative estimate of drug-likeness (QED) is 0.587. The largest absolute Gasteiger partial charge is 0.508 e. The minimum absolute atomic E-state index is 0.00960. The second-order valence-corrected chi connectivity index (χ2v) is 4.77. The Morgan fingerprint density at radius 3 is 2.23 bits per heavy atom. The zero-order chi connectivity index (χ0) is 16.0. The van der Waals surface area contributed by atoms with Gasteiger partial charge >= 0.3 is 0 Å². The van der Waals surface area contributed by atoms with Crippen molar-refractivity contribution in [2.75, 3.05) is 0 Å². The molecular formula is C15H10O7. The number of phenolic OH excluding ortho intramolecular Hbond substituents is 4. The Balaban J connectivity index is 2.13. The third-order valence-electron chi connectivity index (χ3n) is 3.30. The summed E-state index contributed by atoms with van der Waals surface area (Å²) in [6, 6.07) is 5.49. The van der Waals surface area contributed by atoms with Gasteiger partial charge < -0.3 is 25.2 Å². The first-order valence-electron chi connectivity index (χ1n) is 6.21. The fraction of sp³-hybridized carbons (Fsp3) is 0.0667. The van der Waals surface area contributed by atoms with Crippen molar-refractivity contribution < 1.29 is 34.8 Å². The van der Waals surface area contributed by atoms with Crippen LogP contribution in [-0.4, -0.2) is 32.0 Å². The van der Waals surface area contributed by atoms with Gasteiger partial charge in [-0.15, -0.1) is 0 Å². The zero-order valence-electron chi connectivity index (χ0n) is 11.0. The fourth-order valence-corrected chi connectivity index (χ4v) is 2.29. The van der Waals surface area contributed by atoms with Gasteiger partial charge in [0.25, 0.3) is 0 Å². The Morgan fingerprint density at radius 1 is 0.864 bits per heavy atom. The molecule has 0 aromatic heterocycles. The second-order valence-electron chi connectivity index (χ2n) is 4.77. The minimum atomic E-state index is -1.43. The van der Waals surface area contributed by atoms with Crippen molar-refractivity contribution in [3.05, 3.63) is 41.5 Å². The molecule has 112 valence electrons. The molecular weight excluding hydrogens is 292 g/mol. The van der Waals surface area contributed by atoms with Crippen LogP contribution in [0, 0.1) is 0 Å². The van der Waals surface area contributed by atoms with Gasteiger partial charge in [0.15, 0.2) is 6.10 Å². The molecule has 0 radical (unpaired) electrons. The summed E-state index contributed by atoms with van der Waals surface area (Å²) in [5.74, 6) is -3.68. The van der Waals surface area contributed by atoms with Gasteiger partial charge in [-0.25, -0.2) is 0 Å². The first kappa shape index (κ1) is 13.7. The number of hydrogen-bond acceptors (Lipinski definition) is 7. The van der Waals surface area contributed by atoms with Gasteiger partial charge in [0.05, 0.1) is 0 Å². The van der Waals surface area contributed by atoms with Crippen LogP contribution in [0.1, 0.15) is 22.0 Å². The lowest BCUT2D eigenvalue weighted by Gasteiger charge is -2.25. The molecule has 22 heavy (non-hydrogen) atoms. The first-order chi connectivity index (χ1) is 10.4. The first-order valence-corrected chi connectivity index (χ1v) is 6.21. The van der Waals surface area contributed by atoms with E-state index in [1.54, 1.807) is 0 Å². The maximum atomic E-state index is 12.1. The van der Waals surface area contributed by atoms with Gasteiger partial charge in [0.1, 0.15) is 34.3 Å². The van der Waals surface area contributed by atoms with Crippen LogP contribution in [-0.2, 0) is 4.79 Å². The highest BCUT2D eigenvalue weighted by Crippen LogP contribution is 2.42. The van der Waals surface area contributed by atoms with E-state index in [4.69, 9.17) is 4.74 Å². The summed E-state index contributed by atoms with van der Waals surface area (Å²) < 4.78 is 5.35. The third-order valence-corrected chi connectivity index (χ3v) is 3.30. The fourth-order valence-electron chi connectivity index (χ4n) is 2.29. The van der Waals surface area contributed by atoms with E-state index in [-0.39, 0.29) is 28.4 Å². The number of benzene rings is 2.